The number of carbonyl (C=O) groups excluding carboxylic acids is 4. The number of esters is 4. The quantitative estimate of drug-likeness (QED) is 0.0222. The predicted molar refractivity (Wildman–Crippen MR) is 386 cm³/mol. The molecule has 0 heterocycles. The van der Waals surface area contributed by atoms with E-state index in [9.17, 15) is 43.2 Å². The standard InChI is InChI=1S/C76H148O17P2/c1-7-9-11-13-15-16-17-18-19-20-21-22-23-24-27-31-34-37-41-48-54-60-75(80)92-71(65-87-74(79)59-53-47-40-36-33-30-28-25-26-29-32-35-39-44-50-56-68(3)4)66-90-94(82,83)88-62-70(77)63-89-95(84,85)91-67-72(64-86-73(78)58-52-46-38-14-12-10-8-2)93-76(81)61-55-49-43-42-45-51-57-69(5)6/h68-72,77H,7-67H2,1-6H3,(H,82,83)(H,84,85)/t70-,71-,72-/m1/s1. The summed E-state index contributed by atoms with van der Waals surface area (Å²) in [6.07, 6.45) is 56.1. The van der Waals surface area contributed by atoms with Crippen molar-refractivity contribution in [2.24, 2.45) is 11.8 Å². The summed E-state index contributed by atoms with van der Waals surface area (Å²) in [6.45, 7) is 9.48. The van der Waals surface area contributed by atoms with E-state index in [4.69, 9.17) is 37.0 Å². The molecule has 3 N–H and O–H groups in total. The SMILES string of the molecule is CCCCCCCCCCCCCCCCCCCCCCCC(=O)O[C@H](COC(=O)CCCCCCCCCCCCCCCCCC(C)C)COP(=O)(O)OC[C@@H](O)COP(=O)(O)OC[C@@H](COC(=O)CCCCCCCCC)OC(=O)CCCCCCCCC(C)C. The van der Waals surface area contributed by atoms with E-state index in [0.717, 1.165) is 109 Å². The lowest BCUT2D eigenvalue weighted by molar-refractivity contribution is -0.161. The maximum Gasteiger partial charge on any atom is 0.472 e. The Kier molecular flexibility index (Phi) is 66.5. The van der Waals surface area contributed by atoms with Crippen molar-refractivity contribution in [2.75, 3.05) is 39.6 Å². The summed E-state index contributed by atoms with van der Waals surface area (Å²) in [6, 6.07) is 0. The van der Waals surface area contributed by atoms with E-state index < -0.39 is 97.5 Å². The van der Waals surface area contributed by atoms with Crippen LogP contribution in [0.1, 0.15) is 395 Å². The lowest BCUT2D eigenvalue weighted by Crippen LogP contribution is -2.30. The molecule has 0 spiro atoms. The molecule has 0 bridgehead atoms. The maximum absolute atomic E-state index is 13.1. The van der Waals surface area contributed by atoms with Gasteiger partial charge in [-0.1, -0.05) is 343 Å². The summed E-state index contributed by atoms with van der Waals surface area (Å²) >= 11 is 0. The molecule has 5 atom stereocenters. The van der Waals surface area contributed by atoms with Gasteiger partial charge < -0.3 is 33.8 Å². The minimum absolute atomic E-state index is 0.102. The molecule has 2 unspecified atom stereocenters. The molecule has 0 aromatic heterocycles. The molecule has 0 rings (SSSR count). The second kappa shape index (κ2) is 67.9. The molecule has 95 heavy (non-hydrogen) atoms. The van der Waals surface area contributed by atoms with E-state index in [1.165, 1.54) is 199 Å². The third-order valence-corrected chi connectivity index (χ3v) is 19.6. The molecule has 564 valence electrons. The molecule has 17 nitrogen and oxygen atoms in total. The third-order valence-electron chi connectivity index (χ3n) is 17.7. The van der Waals surface area contributed by atoms with Gasteiger partial charge in [0.05, 0.1) is 26.4 Å². The monoisotopic (exact) mass is 1400 g/mol. The molecular weight excluding hydrogens is 1250 g/mol. The Morgan fingerprint density at radius 3 is 0.716 bits per heavy atom. The van der Waals surface area contributed by atoms with Crippen LogP contribution >= 0.6 is 15.6 Å². The molecule has 19 heteroatoms. The molecule has 0 saturated heterocycles. The zero-order valence-electron chi connectivity index (χ0n) is 62.0. The molecule has 0 saturated carbocycles. The van der Waals surface area contributed by atoms with E-state index in [1.54, 1.807) is 0 Å². The first-order valence-electron chi connectivity index (χ1n) is 39.5. The minimum atomic E-state index is -4.96. The van der Waals surface area contributed by atoms with E-state index >= 15 is 0 Å². The van der Waals surface area contributed by atoms with E-state index in [2.05, 4.69) is 41.5 Å². The fourth-order valence-electron chi connectivity index (χ4n) is 11.7. The van der Waals surface area contributed by atoms with Gasteiger partial charge in [-0.2, -0.15) is 0 Å². The predicted octanol–water partition coefficient (Wildman–Crippen LogP) is 22.3. The summed E-state index contributed by atoms with van der Waals surface area (Å²) in [5.74, 6) is -0.651. The molecule has 0 aromatic rings. The lowest BCUT2D eigenvalue weighted by atomic mass is 10.0. The molecule has 0 fully saturated rings. The van der Waals surface area contributed by atoms with Gasteiger partial charge in [-0.3, -0.25) is 37.3 Å². The van der Waals surface area contributed by atoms with Gasteiger partial charge in [0, 0.05) is 25.7 Å². The Hall–Kier alpha value is -1.94. The average Bonchev–Trinajstić information content (AvgIpc) is 1.35. The normalized spacial score (nSPS) is 14.0. The number of hydrogen-bond acceptors (Lipinski definition) is 15. The lowest BCUT2D eigenvalue weighted by Gasteiger charge is -2.21. The number of hydrogen-bond donors (Lipinski definition) is 3. The van der Waals surface area contributed by atoms with Gasteiger partial charge in [-0.15, -0.1) is 0 Å². The number of carbonyl (C=O) groups is 4. The first-order chi connectivity index (χ1) is 45.9. The molecule has 0 aliphatic carbocycles. The summed E-state index contributed by atoms with van der Waals surface area (Å²) in [4.78, 5) is 72.6. The van der Waals surface area contributed by atoms with E-state index in [-0.39, 0.29) is 25.7 Å². The topological polar surface area (TPSA) is 237 Å². The highest BCUT2D eigenvalue weighted by molar-refractivity contribution is 7.47. The molecule has 0 radical (unpaired) electrons. The third kappa shape index (κ3) is 70.3. The fourth-order valence-corrected chi connectivity index (χ4v) is 13.2. The summed E-state index contributed by atoms with van der Waals surface area (Å²) < 4.78 is 68.3. The largest absolute Gasteiger partial charge is 0.472 e. The minimum Gasteiger partial charge on any atom is -0.462 e. The second-order valence-electron chi connectivity index (χ2n) is 28.3. The smallest absolute Gasteiger partial charge is 0.462 e. The van der Waals surface area contributed by atoms with Crippen molar-refractivity contribution in [3.8, 4) is 0 Å². The summed E-state index contributed by atoms with van der Waals surface area (Å²) in [5.41, 5.74) is 0. The van der Waals surface area contributed by atoms with Gasteiger partial charge in [0.1, 0.15) is 19.3 Å². The van der Waals surface area contributed by atoms with Crippen molar-refractivity contribution in [3.63, 3.8) is 0 Å². The van der Waals surface area contributed by atoms with Crippen molar-refractivity contribution in [1.82, 2.24) is 0 Å². The van der Waals surface area contributed by atoms with Crippen LogP contribution in [-0.4, -0.2) is 96.7 Å². The van der Waals surface area contributed by atoms with Crippen LogP contribution in [0.2, 0.25) is 0 Å². The van der Waals surface area contributed by atoms with Crippen molar-refractivity contribution >= 4 is 39.5 Å². The number of phosphoric ester groups is 2. The zero-order valence-corrected chi connectivity index (χ0v) is 63.8. The van der Waals surface area contributed by atoms with Gasteiger partial charge in [-0.25, -0.2) is 9.13 Å². The molecule has 0 aliphatic heterocycles. The van der Waals surface area contributed by atoms with Gasteiger partial charge in [-0.05, 0) is 37.5 Å². The Balaban J connectivity index is 5.14. The molecule has 0 amide bonds. The Labute approximate surface area is 581 Å². The highest BCUT2D eigenvalue weighted by Crippen LogP contribution is 2.45. The van der Waals surface area contributed by atoms with Gasteiger partial charge in [0.2, 0.25) is 0 Å². The van der Waals surface area contributed by atoms with Crippen LogP contribution in [-0.2, 0) is 65.4 Å². The van der Waals surface area contributed by atoms with Crippen LogP contribution in [0.4, 0.5) is 0 Å². The van der Waals surface area contributed by atoms with Crippen LogP contribution in [0.15, 0.2) is 0 Å². The highest BCUT2D eigenvalue weighted by atomic mass is 31.2. The van der Waals surface area contributed by atoms with Crippen LogP contribution in [0, 0.1) is 11.8 Å². The Morgan fingerprint density at radius 1 is 0.284 bits per heavy atom. The number of rotatable bonds is 75. The zero-order chi connectivity index (χ0) is 70.0. The average molecular weight is 1400 g/mol. The summed E-state index contributed by atoms with van der Waals surface area (Å²) in [5, 5.41) is 10.6. The Bertz CT molecular complexity index is 1840. The van der Waals surface area contributed by atoms with Gasteiger partial charge in [0.15, 0.2) is 12.2 Å². The second-order valence-corrected chi connectivity index (χ2v) is 31.3. The van der Waals surface area contributed by atoms with Gasteiger partial charge >= 0.3 is 39.5 Å². The fraction of sp³-hybridized carbons (Fsp3) is 0.947. The first-order valence-corrected chi connectivity index (χ1v) is 42.5. The Morgan fingerprint density at radius 2 is 0.484 bits per heavy atom. The molecule has 0 aromatic carbocycles. The number of phosphoric acid groups is 2. The number of aliphatic hydroxyl groups is 1. The van der Waals surface area contributed by atoms with Crippen LogP contribution in [0.5, 0.6) is 0 Å². The number of aliphatic hydroxyl groups excluding tert-OH is 1. The van der Waals surface area contributed by atoms with Gasteiger partial charge in [0.25, 0.3) is 0 Å². The van der Waals surface area contributed by atoms with Crippen LogP contribution in [0.3, 0.4) is 0 Å². The highest BCUT2D eigenvalue weighted by Gasteiger charge is 2.30. The first kappa shape index (κ1) is 93.1. The number of unbranched alkanes of at least 4 members (excludes halogenated alkanes) is 45. The van der Waals surface area contributed by atoms with Crippen molar-refractivity contribution in [1.29, 1.82) is 0 Å². The number of ether oxygens (including phenoxy) is 4. The maximum atomic E-state index is 13.1. The van der Waals surface area contributed by atoms with Crippen LogP contribution < -0.4 is 0 Å². The molecule has 0 aliphatic rings. The van der Waals surface area contributed by atoms with E-state index in [0.29, 0.717) is 31.6 Å². The van der Waals surface area contributed by atoms with E-state index in [1.807, 2.05) is 0 Å². The summed E-state index contributed by atoms with van der Waals surface area (Å²) in [7, 11) is -9.90. The van der Waals surface area contributed by atoms with Crippen molar-refractivity contribution in [3.05, 3.63) is 0 Å². The van der Waals surface area contributed by atoms with Crippen molar-refractivity contribution in [2.45, 2.75) is 413 Å². The van der Waals surface area contributed by atoms with Crippen molar-refractivity contribution < 1.29 is 80.2 Å². The van der Waals surface area contributed by atoms with Crippen LogP contribution in [0.25, 0.3) is 0 Å². The molecular formula is C76H148O17P2.